The number of aromatic nitrogens is 4. The zero-order chi connectivity index (χ0) is 13.4. The van der Waals surface area contributed by atoms with Gasteiger partial charge in [0.05, 0.1) is 16.7 Å². The maximum absolute atomic E-state index is 4.69. The lowest BCUT2D eigenvalue weighted by Crippen LogP contribution is -1.90. The first-order valence-corrected chi connectivity index (χ1v) is 7.08. The van der Waals surface area contributed by atoms with E-state index < -0.39 is 0 Å². The van der Waals surface area contributed by atoms with E-state index in [9.17, 15) is 0 Å². The third-order valence-corrected chi connectivity index (χ3v) is 3.97. The summed E-state index contributed by atoms with van der Waals surface area (Å²) in [7, 11) is 0. The van der Waals surface area contributed by atoms with Crippen LogP contribution in [0.3, 0.4) is 0 Å². The van der Waals surface area contributed by atoms with E-state index in [1.807, 2.05) is 41.2 Å². The van der Waals surface area contributed by atoms with Crippen LogP contribution in [0.1, 0.15) is 0 Å². The molecule has 0 fully saturated rings. The summed E-state index contributed by atoms with van der Waals surface area (Å²) in [6, 6.07) is 12.0. The van der Waals surface area contributed by atoms with E-state index >= 15 is 0 Å². The standard InChI is InChI=1S/C15H10N4S/c1-2-4-14-12(3-1)17-10-19(14)15-18-13(9-20-15)11-5-7-16-8-6-11/h1-10H. The molecule has 3 heterocycles. The molecule has 4 aromatic rings. The van der Waals surface area contributed by atoms with Gasteiger partial charge in [-0.05, 0) is 24.3 Å². The van der Waals surface area contributed by atoms with E-state index in [1.165, 1.54) is 0 Å². The van der Waals surface area contributed by atoms with Gasteiger partial charge in [-0.2, -0.15) is 0 Å². The number of imidazole rings is 1. The predicted molar refractivity (Wildman–Crippen MR) is 80.0 cm³/mol. The number of fused-ring (bicyclic) bond motifs is 1. The molecular formula is C15H10N4S. The quantitative estimate of drug-likeness (QED) is 0.563. The van der Waals surface area contributed by atoms with Crippen LogP contribution >= 0.6 is 11.3 Å². The molecule has 4 nitrogen and oxygen atoms in total. The Balaban J connectivity index is 1.82. The summed E-state index contributed by atoms with van der Waals surface area (Å²) in [5.74, 6) is 0. The van der Waals surface area contributed by atoms with Crippen LogP contribution in [0.15, 0.2) is 60.5 Å². The van der Waals surface area contributed by atoms with Gasteiger partial charge in [-0.3, -0.25) is 9.55 Å². The molecule has 0 aliphatic rings. The summed E-state index contributed by atoms with van der Waals surface area (Å²) < 4.78 is 2.02. The molecule has 96 valence electrons. The fourth-order valence-corrected chi connectivity index (χ4v) is 2.96. The normalized spacial score (nSPS) is 11.0. The lowest BCUT2D eigenvalue weighted by atomic mass is 10.2. The number of thiazole rings is 1. The number of para-hydroxylation sites is 2. The van der Waals surface area contributed by atoms with E-state index in [2.05, 4.69) is 26.4 Å². The summed E-state index contributed by atoms with van der Waals surface area (Å²) in [5.41, 5.74) is 4.09. The van der Waals surface area contributed by atoms with Gasteiger partial charge in [-0.15, -0.1) is 11.3 Å². The van der Waals surface area contributed by atoms with Crippen LogP contribution in [0, 0.1) is 0 Å². The van der Waals surface area contributed by atoms with Crippen LogP contribution < -0.4 is 0 Å². The van der Waals surface area contributed by atoms with Crippen molar-refractivity contribution < 1.29 is 0 Å². The van der Waals surface area contributed by atoms with Crippen LogP contribution in [-0.4, -0.2) is 19.5 Å². The number of hydrogen-bond donors (Lipinski definition) is 0. The van der Waals surface area contributed by atoms with Crippen molar-refractivity contribution in [2.45, 2.75) is 0 Å². The summed E-state index contributed by atoms with van der Waals surface area (Å²) >= 11 is 1.61. The van der Waals surface area contributed by atoms with Crippen molar-refractivity contribution in [3.8, 4) is 16.4 Å². The minimum atomic E-state index is 0.922. The minimum Gasteiger partial charge on any atom is -0.274 e. The van der Waals surface area contributed by atoms with Crippen molar-refractivity contribution in [1.29, 1.82) is 0 Å². The summed E-state index contributed by atoms with van der Waals surface area (Å²) in [5, 5.41) is 2.98. The van der Waals surface area contributed by atoms with Gasteiger partial charge in [0.25, 0.3) is 0 Å². The largest absolute Gasteiger partial charge is 0.274 e. The first-order chi connectivity index (χ1) is 9.92. The van der Waals surface area contributed by atoms with Crippen molar-refractivity contribution in [2.75, 3.05) is 0 Å². The molecule has 0 radical (unpaired) electrons. The molecule has 0 saturated heterocycles. The maximum Gasteiger partial charge on any atom is 0.195 e. The highest BCUT2D eigenvalue weighted by Gasteiger charge is 2.09. The molecule has 4 rings (SSSR count). The molecular weight excluding hydrogens is 268 g/mol. The Morgan fingerprint density at radius 2 is 1.85 bits per heavy atom. The second kappa shape index (κ2) is 4.54. The topological polar surface area (TPSA) is 43.6 Å². The van der Waals surface area contributed by atoms with Crippen molar-refractivity contribution in [3.05, 3.63) is 60.5 Å². The second-order valence-electron chi connectivity index (χ2n) is 4.35. The predicted octanol–water partition coefficient (Wildman–Crippen LogP) is 3.54. The monoisotopic (exact) mass is 278 g/mol. The zero-order valence-electron chi connectivity index (χ0n) is 10.5. The fraction of sp³-hybridized carbons (Fsp3) is 0. The van der Waals surface area contributed by atoms with E-state index in [0.29, 0.717) is 0 Å². The van der Waals surface area contributed by atoms with Gasteiger partial charge in [0.1, 0.15) is 6.33 Å². The average molecular weight is 278 g/mol. The Morgan fingerprint density at radius 1 is 1.00 bits per heavy atom. The van der Waals surface area contributed by atoms with Gasteiger partial charge >= 0.3 is 0 Å². The molecule has 0 bridgehead atoms. The summed E-state index contributed by atoms with van der Waals surface area (Å²) in [6.07, 6.45) is 5.38. The molecule has 0 N–H and O–H groups in total. The lowest BCUT2D eigenvalue weighted by Gasteiger charge is -1.98. The van der Waals surface area contributed by atoms with Crippen molar-refractivity contribution in [1.82, 2.24) is 19.5 Å². The van der Waals surface area contributed by atoms with Gasteiger partial charge < -0.3 is 0 Å². The van der Waals surface area contributed by atoms with Crippen molar-refractivity contribution in [3.63, 3.8) is 0 Å². The van der Waals surface area contributed by atoms with Gasteiger partial charge in [0.15, 0.2) is 5.13 Å². The number of hydrogen-bond acceptors (Lipinski definition) is 4. The Bertz CT molecular complexity index is 864. The number of benzene rings is 1. The second-order valence-corrected chi connectivity index (χ2v) is 5.19. The molecule has 0 saturated carbocycles. The van der Waals surface area contributed by atoms with Gasteiger partial charge in [0, 0.05) is 23.3 Å². The number of nitrogens with zero attached hydrogens (tertiary/aromatic N) is 4. The van der Waals surface area contributed by atoms with Crippen LogP contribution in [0.2, 0.25) is 0 Å². The minimum absolute atomic E-state index is 0.922. The van der Waals surface area contributed by atoms with Crippen LogP contribution in [-0.2, 0) is 0 Å². The zero-order valence-corrected chi connectivity index (χ0v) is 11.3. The molecule has 1 aromatic carbocycles. The smallest absolute Gasteiger partial charge is 0.195 e. The molecule has 0 unspecified atom stereocenters. The van der Waals surface area contributed by atoms with Crippen LogP contribution in [0.25, 0.3) is 27.4 Å². The van der Waals surface area contributed by atoms with Gasteiger partial charge in [-0.1, -0.05) is 12.1 Å². The molecule has 3 aromatic heterocycles. The molecule has 0 spiro atoms. The number of pyridine rings is 1. The summed E-state index contributed by atoms with van der Waals surface area (Å²) in [4.78, 5) is 13.1. The maximum atomic E-state index is 4.69. The SMILES string of the molecule is c1ccc2c(c1)ncn2-c1nc(-c2ccncc2)cs1. The Kier molecular flexibility index (Phi) is 2.57. The molecule has 5 heteroatoms. The Labute approximate surface area is 119 Å². The van der Waals surface area contributed by atoms with E-state index in [4.69, 9.17) is 0 Å². The Hall–Kier alpha value is -2.53. The van der Waals surface area contributed by atoms with Gasteiger partial charge in [0.2, 0.25) is 0 Å². The van der Waals surface area contributed by atoms with E-state index in [1.54, 1.807) is 23.7 Å². The molecule has 0 atom stereocenters. The highest BCUT2D eigenvalue weighted by atomic mass is 32.1. The molecule has 20 heavy (non-hydrogen) atoms. The van der Waals surface area contributed by atoms with E-state index in [0.717, 1.165) is 27.4 Å². The lowest BCUT2D eigenvalue weighted by molar-refractivity contribution is 1.06. The molecule has 0 aliphatic heterocycles. The summed E-state index contributed by atoms with van der Waals surface area (Å²) in [6.45, 7) is 0. The fourth-order valence-electron chi connectivity index (χ4n) is 2.14. The van der Waals surface area contributed by atoms with Crippen molar-refractivity contribution in [2.24, 2.45) is 0 Å². The third-order valence-electron chi connectivity index (χ3n) is 3.13. The molecule has 0 amide bonds. The van der Waals surface area contributed by atoms with Gasteiger partial charge in [-0.25, -0.2) is 9.97 Å². The highest BCUT2D eigenvalue weighted by Crippen LogP contribution is 2.25. The highest BCUT2D eigenvalue weighted by molar-refractivity contribution is 7.12. The van der Waals surface area contributed by atoms with Crippen LogP contribution in [0.5, 0.6) is 0 Å². The van der Waals surface area contributed by atoms with Crippen LogP contribution in [0.4, 0.5) is 0 Å². The van der Waals surface area contributed by atoms with Crippen molar-refractivity contribution >= 4 is 22.4 Å². The first-order valence-electron chi connectivity index (χ1n) is 6.20. The number of rotatable bonds is 2. The first kappa shape index (κ1) is 11.3. The average Bonchev–Trinajstić information content (AvgIpc) is 3.14. The van der Waals surface area contributed by atoms with E-state index in [-0.39, 0.29) is 0 Å². The Morgan fingerprint density at radius 3 is 2.75 bits per heavy atom. The third kappa shape index (κ3) is 1.80. The molecule has 0 aliphatic carbocycles.